The van der Waals surface area contributed by atoms with Crippen LogP contribution >= 0.6 is 0 Å². The highest BCUT2D eigenvalue weighted by Gasteiger charge is 2.21. The standard InChI is InChI=1S/C14H21N3O4S/c1-21-14(18)17-11-9-16(10-12-17)8-7-15-22(19,20)13-5-3-2-4-6-13/h2-6,15H,7-12H2,1H3. The molecule has 122 valence electrons. The van der Waals surface area contributed by atoms with Gasteiger partial charge in [0.2, 0.25) is 10.0 Å². The summed E-state index contributed by atoms with van der Waals surface area (Å²) in [4.78, 5) is 15.4. The molecule has 22 heavy (non-hydrogen) atoms. The lowest BCUT2D eigenvalue weighted by Crippen LogP contribution is -2.50. The first-order valence-electron chi connectivity index (χ1n) is 7.13. The predicted molar refractivity (Wildman–Crippen MR) is 82.0 cm³/mol. The van der Waals surface area contributed by atoms with E-state index in [1.54, 1.807) is 35.2 Å². The average molecular weight is 327 g/mol. The highest BCUT2D eigenvalue weighted by atomic mass is 32.2. The molecular weight excluding hydrogens is 306 g/mol. The minimum Gasteiger partial charge on any atom is -0.453 e. The number of nitrogens with zero attached hydrogens (tertiary/aromatic N) is 2. The Morgan fingerprint density at radius 3 is 2.41 bits per heavy atom. The van der Waals surface area contributed by atoms with Crippen LogP contribution in [0, 0.1) is 0 Å². The summed E-state index contributed by atoms with van der Waals surface area (Å²) in [6.45, 7) is 3.57. The first kappa shape index (κ1) is 16.7. The second-order valence-electron chi connectivity index (χ2n) is 5.01. The van der Waals surface area contributed by atoms with Crippen LogP contribution in [0.2, 0.25) is 0 Å². The number of amides is 1. The third-order valence-electron chi connectivity index (χ3n) is 3.58. The summed E-state index contributed by atoms with van der Waals surface area (Å²) in [5, 5.41) is 0. The monoisotopic (exact) mass is 327 g/mol. The predicted octanol–water partition coefficient (Wildman–Crippen LogP) is 0.349. The van der Waals surface area contributed by atoms with E-state index >= 15 is 0 Å². The molecule has 1 aromatic carbocycles. The summed E-state index contributed by atoms with van der Waals surface area (Å²) in [5.41, 5.74) is 0. The Bertz CT molecular complexity index is 583. The van der Waals surface area contributed by atoms with Gasteiger partial charge in [-0.2, -0.15) is 0 Å². The number of carbonyl (C=O) groups excluding carboxylic acids is 1. The van der Waals surface area contributed by atoms with E-state index in [0.29, 0.717) is 39.3 Å². The van der Waals surface area contributed by atoms with Crippen molar-refractivity contribution in [3.63, 3.8) is 0 Å². The maximum absolute atomic E-state index is 12.1. The zero-order valence-electron chi connectivity index (χ0n) is 12.6. The number of methoxy groups -OCH3 is 1. The van der Waals surface area contributed by atoms with Gasteiger partial charge in [0.25, 0.3) is 0 Å². The lowest BCUT2D eigenvalue weighted by atomic mass is 10.3. The molecule has 1 aromatic rings. The van der Waals surface area contributed by atoms with Crippen LogP contribution in [-0.2, 0) is 14.8 Å². The van der Waals surface area contributed by atoms with Gasteiger partial charge in [-0.05, 0) is 12.1 Å². The van der Waals surface area contributed by atoms with Crippen molar-refractivity contribution in [3.05, 3.63) is 30.3 Å². The Morgan fingerprint density at radius 1 is 1.18 bits per heavy atom. The molecule has 0 spiro atoms. The van der Waals surface area contributed by atoms with Crippen molar-refractivity contribution in [2.75, 3.05) is 46.4 Å². The van der Waals surface area contributed by atoms with Crippen LogP contribution in [0.5, 0.6) is 0 Å². The molecule has 0 aliphatic carbocycles. The van der Waals surface area contributed by atoms with Crippen LogP contribution in [0.3, 0.4) is 0 Å². The number of hydrogen-bond donors (Lipinski definition) is 1. The van der Waals surface area contributed by atoms with Crippen molar-refractivity contribution in [1.82, 2.24) is 14.5 Å². The maximum atomic E-state index is 12.1. The van der Waals surface area contributed by atoms with Gasteiger partial charge in [0, 0.05) is 39.3 Å². The van der Waals surface area contributed by atoms with E-state index in [2.05, 4.69) is 14.4 Å². The van der Waals surface area contributed by atoms with Crippen molar-refractivity contribution < 1.29 is 17.9 Å². The van der Waals surface area contributed by atoms with Crippen molar-refractivity contribution in [3.8, 4) is 0 Å². The van der Waals surface area contributed by atoms with E-state index in [0.717, 1.165) is 0 Å². The van der Waals surface area contributed by atoms with Crippen molar-refractivity contribution in [1.29, 1.82) is 0 Å². The van der Waals surface area contributed by atoms with E-state index in [1.165, 1.54) is 7.11 Å². The number of ether oxygens (including phenoxy) is 1. The smallest absolute Gasteiger partial charge is 0.409 e. The Labute approximate surface area is 130 Å². The molecule has 1 N–H and O–H groups in total. The minimum atomic E-state index is -3.45. The first-order chi connectivity index (χ1) is 10.5. The van der Waals surface area contributed by atoms with Gasteiger partial charge < -0.3 is 9.64 Å². The van der Waals surface area contributed by atoms with Gasteiger partial charge in [0.05, 0.1) is 12.0 Å². The molecule has 0 saturated carbocycles. The van der Waals surface area contributed by atoms with Crippen LogP contribution < -0.4 is 4.72 Å². The largest absolute Gasteiger partial charge is 0.453 e. The quantitative estimate of drug-likeness (QED) is 0.844. The van der Waals surface area contributed by atoms with Crippen LogP contribution in [0.25, 0.3) is 0 Å². The first-order valence-corrected chi connectivity index (χ1v) is 8.61. The highest BCUT2D eigenvalue weighted by Crippen LogP contribution is 2.07. The van der Waals surface area contributed by atoms with Gasteiger partial charge in [-0.3, -0.25) is 4.90 Å². The lowest BCUT2D eigenvalue weighted by molar-refractivity contribution is 0.0918. The molecule has 0 radical (unpaired) electrons. The summed E-state index contributed by atoms with van der Waals surface area (Å²) >= 11 is 0. The third kappa shape index (κ3) is 4.43. The van der Waals surface area contributed by atoms with Gasteiger partial charge in [0.1, 0.15) is 0 Å². The highest BCUT2D eigenvalue weighted by molar-refractivity contribution is 7.89. The van der Waals surface area contributed by atoms with Crippen LogP contribution in [0.1, 0.15) is 0 Å². The lowest BCUT2D eigenvalue weighted by Gasteiger charge is -2.33. The summed E-state index contributed by atoms with van der Waals surface area (Å²) < 4.78 is 31.4. The van der Waals surface area contributed by atoms with E-state index in [-0.39, 0.29) is 11.0 Å². The molecule has 1 amide bonds. The van der Waals surface area contributed by atoms with Gasteiger partial charge in [0.15, 0.2) is 0 Å². The Kier molecular flexibility index (Phi) is 5.76. The van der Waals surface area contributed by atoms with Crippen molar-refractivity contribution >= 4 is 16.1 Å². The number of carbonyl (C=O) groups is 1. The van der Waals surface area contributed by atoms with Crippen LogP contribution in [0.4, 0.5) is 4.79 Å². The zero-order chi connectivity index (χ0) is 16.0. The molecule has 1 saturated heterocycles. The van der Waals surface area contributed by atoms with Gasteiger partial charge in [-0.15, -0.1) is 0 Å². The Morgan fingerprint density at radius 2 is 1.82 bits per heavy atom. The van der Waals surface area contributed by atoms with E-state index in [1.807, 2.05) is 0 Å². The number of rotatable bonds is 5. The topological polar surface area (TPSA) is 79.0 Å². The fraction of sp³-hybridized carbons (Fsp3) is 0.500. The van der Waals surface area contributed by atoms with E-state index in [4.69, 9.17) is 0 Å². The second-order valence-corrected chi connectivity index (χ2v) is 6.78. The molecule has 8 heteroatoms. The molecule has 1 heterocycles. The molecule has 7 nitrogen and oxygen atoms in total. The number of piperazine rings is 1. The number of hydrogen-bond acceptors (Lipinski definition) is 5. The molecule has 1 aliphatic rings. The molecule has 0 atom stereocenters. The Balaban J connectivity index is 1.75. The molecule has 0 bridgehead atoms. The van der Waals surface area contributed by atoms with Gasteiger partial charge in [-0.25, -0.2) is 17.9 Å². The Hall–Kier alpha value is -1.64. The molecular formula is C14H21N3O4S. The van der Waals surface area contributed by atoms with Crippen LogP contribution in [-0.4, -0.2) is 70.7 Å². The van der Waals surface area contributed by atoms with Crippen molar-refractivity contribution in [2.45, 2.75) is 4.90 Å². The van der Waals surface area contributed by atoms with Gasteiger partial charge >= 0.3 is 6.09 Å². The fourth-order valence-corrected chi connectivity index (χ4v) is 3.35. The third-order valence-corrected chi connectivity index (χ3v) is 5.06. The maximum Gasteiger partial charge on any atom is 0.409 e. The van der Waals surface area contributed by atoms with Crippen molar-refractivity contribution in [2.24, 2.45) is 0 Å². The molecule has 1 fully saturated rings. The molecule has 1 aliphatic heterocycles. The average Bonchev–Trinajstić information content (AvgIpc) is 2.55. The van der Waals surface area contributed by atoms with Crippen LogP contribution in [0.15, 0.2) is 35.2 Å². The molecule has 0 aromatic heterocycles. The normalized spacial score (nSPS) is 16.5. The molecule has 2 rings (SSSR count). The zero-order valence-corrected chi connectivity index (χ0v) is 13.4. The second kappa shape index (κ2) is 7.57. The summed E-state index contributed by atoms with van der Waals surface area (Å²) in [7, 11) is -2.08. The fourth-order valence-electron chi connectivity index (χ4n) is 2.30. The number of benzene rings is 1. The summed E-state index contributed by atoms with van der Waals surface area (Å²) in [5.74, 6) is 0. The summed E-state index contributed by atoms with van der Waals surface area (Å²) in [6, 6.07) is 8.30. The molecule has 0 unspecified atom stereocenters. The minimum absolute atomic E-state index is 0.269. The van der Waals surface area contributed by atoms with E-state index in [9.17, 15) is 13.2 Å². The number of sulfonamides is 1. The number of nitrogens with one attached hydrogen (secondary N) is 1. The van der Waals surface area contributed by atoms with E-state index < -0.39 is 10.0 Å². The van der Waals surface area contributed by atoms with Gasteiger partial charge in [-0.1, -0.05) is 18.2 Å². The SMILES string of the molecule is COC(=O)N1CCN(CCNS(=O)(=O)c2ccccc2)CC1. The summed E-state index contributed by atoms with van der Waals surface area (Å²) in [6.07, 6.45) is -0.315.